The molecule has 3 aromatic rings. The third-order valence-electron chi connectivity index (χ3n) is 4.89. The van der Waals surface area contributed by atoms with Crippen LogP contribution in [0.15, 0.2) is 42.5 Å². The van der Waals surface area contributed by atoms with Gasteiger partial charge in [0.15, 0.2) is 0 Å². The summed E-state index contributed by atoms with van der Waals surface area (Å²) in [6.07, 6.45) is -4.63. The first-order valence-corrected chi connectivity index (χ1v) is 9.41. The Morgan fingerprint density at radius 3 is 2.34 bits per heavy atom. The first-order valence-electron chi connectivity index (χ1n) is 9.03. The van der Waals surface area contributed by atoms with Crippen molar-refractivity contribution in [1.29, 1.82) is 0 Å². The van der Waals surface area contributed by atoms with Gasteiger partial charge in [-0.3, -0.25) is 0 Å². The van der Waals surface area contributed by atoms with Gasteiger partial charge in [-0.15, -0.1) is 0 Å². The number of nitrogens with zero attached hydrogens (tertiary/aromatic N) is 4. The Labute approximate surface area is 170 Å². The Morgan fingerprint density at radius 1 is 0.966 bits per heavy atom. The maximum atomic E-state index is 13.4. The SMILES string of the molecule is COc1ccc2c(N3CCN(c4cccc(Cl)c4)CC3)nc(C(F)(F)F)nc2c1. The number of methoxy groups -OCH3 is 1. The van der Waals surface area contributed by atoms with Crippen molar-refractivity contribution in [2.24, 2.45) is 0 Å². The summed E-state index contributed by atoms with van der Waals surface area (Å²) >= 11 is 6.07. The largest absolute Gasteiger partial charge is 0.497 e. The maximum Gasteiger partial charge on any atom is 0.451 e. The van der Waals surface area contributed by atoms with Gasteiger partial charge in [0.2, 0.25) is 5.82 Å². The molecule has 0 unspecified atom stereocenters. The number of anilines is 2. The van der Waals surface area contributed by atoms with Crippen LogP contribution in [-0.2, 0) is 6.18 Å². The zero-order valence-electron chi connectivity index (χ0n) is 15.6. The molecule has 152 valence electrons. The molecule has 4 rings (SSSR count). The van der Waals surface area contributed by atoms with Crippen LogP contribution in [0.4, 0.5) is 24.7 Å². The standard InChI is InChI=1S/C20H18ClF3N4O/c1-29-15-5-6-16-17(12-15)25-19(20(22,23)24)26-18(16)28-9-7-27(8-10-28)14-4-2-3-13(21)11-14/h2-6,11-12H,7-10H2,1H3. The molecule has 1 aliphatic rings. The van der Waals surface area contributed by atoms with E-state index in [-0.39, 0.29) is 11.3 Å². The number of fused-ring (bicyclic) bond motifs is 1. The number of piperazine rings is 1. The minimum atomic E-state index is -4.63. The molecule has 0 saturated carbocycles. The van der Waals surface area contributed by atoms with E-state index in [4.69, 9.17) is 16.3 Å². The van der Waals surface area contributed by atoms with Crippen LogP contribution in [0.3, 0.4) is 0 Å². The maximum absolute atomic E-state index is 13.4. The minimum absolute atomic E-state index is 0.207. The highest BCUT2D eigenvalue weighted by molar-refractivity contribution is 6.30. The van der Waals surface area contributed by atoms with Crippen molar-refractivity contribution in [1.82, 2.24) is 9.97 Å². The summed E-state index contributed by atoms with van der Waals surface area (Å²) in [7, 11) is 1.46. The van der Waals surface area contributed by atoms with Crippen LogP contribution in [0, 0.1) is 0 Å². The number of ether oxygens (including phenoxy) is 1. The monoisotopic (exact) mass is 422 g/mol. The van der Waals surface area contributed by atoms with Gasteiger partial charge in [-0.1, -0.05) is 17.7 Å². The minimum Gasteiger partial charge on any atom is -0.497 e. The molecular formula is C20H18ClF3N4O. The van der Waals surface area contributed by atoms with Gasteiger partial charge in [-0.25, -0.2) is 9.97 Å². The Kier molecular flexibility index (Phi) is 5.12. The van der Waals surface area contributed by atoms with E-state index in [9.17, 15) is 13.2 Å². The first kappa shape index (κ1) is 19.6. The molecule has 5 nitrogen and oxygen atoms in total. The van der Waals surface area contributed by atoms with Crippen molar-refractivity contribution in [2.45, 2.75) is 6.18 Å². The van der Waals surface area contributed by atoms with Gasteiger partial charge < -0.3 is 14.5 Å². The zero-order chi connectivity index (χ0) is 20.6. The number of rotatable bonds is 3. The third kappa shape index (κ3) is 4.03. The van der Waals surface area contributed by atoms with Crippen molar-refractivity contribution < 1.29 is 17.9 Å². The highest BCUT2D eigenvalue weighted by atomic mass is 35.5. The van der Waals surface area contributed by atoms with Gasteiger partial charge in [-0.05, 0) is 30.3 Å². The highest BCUT2D eigenvalue weighted by Crippen LogP contribution is 2.34. The first-order chi connectivity index (χ1) is 13.8. The smallest absolute Gasteiger partial charge is 0.451 e. The molecule has 1 saturated heterocycles. The van der Waals surface area contributed by atoms with Crippen molar-refractivity contribution in [3.8, 4) is 5.75 Å². The second kappa shape index (κ2) is 7.59. The van der Waals surface area contributed by atoms with E-state index in [1.165, 1.54) is 13.2 Å². The molecule has 0 amide bonds. The fourth-order valence-electron chi connectivity index (χ4n) is 3.44. The van der Waals surface area contributed by atoms with E-state index >= 15 is 0 Å². The van der Waals surface area contributed by atoms with Crippen LogP contribution < -0.4 is 14.5 Å². The quantitative estimate of drug-likeness (QED) is 0.615. The number of benzene rings is 2. The Hall–Kier alpha value is -2.74. The number of halogens is 4. The fraction of sp³-hybridized carbons (Fsp3) is 0.300. The molecule has 0 N–H and O–H groups in total. The fourth-order valence-corrected chi connectivity index (χ4v) is 3.62. The average Bonchev–Trinajstić information content (AvgIpc) is 2.72. The number of hydrogen-bond acceptors (Lipinski definition) is 5. The summed E-state index contributed by atoms with van der Waals surface area (Å²) in [4.78, 5) is 11.6. The summed E-state index contributed by atoms with van der Waals surface area (Å²) in [5.41, 5.74) is 1.20. The zero-order valence-corrected chi connectivity index (χ0v) is 16.3. The van der Waals surface area contributed by atoms with E-state index in [2.05, 4.69) is 14.9 Å². The van der Waals surface area contributed by atoms with Crippen LogP contribution in [0.1, 0.15) is 5.82 Å². The van der Waals surface area contributed by atoms with Crippen molar-refractivity contribution >= 4 is 34.0 Å². The van der Waals surface area contributed by atoms with E-state index in [1.54, 1.807) is 18.2 Å². The van der Waals surface area contributed by atoms with Crippen LogP contribution in [0.5, 0.6) is 5.75 Å². The molecule has 2 heterocycles. The van der Waals surface area contributed by atoms with Gasteiger partial charge >= 0.3 is 6.18 Å². The third-order valence-corrected chi connectivity index (χ3v) is 5.13. The number of aromatic nitrogens is 2. The topological polar surface area (TPSA) is 41.5 Å². The van der Waals surface area contributed by atoms with E-state index in [0.717, 1.165) is 5.69 Å². The van der Waals surface area contributed by atoms with Gasteiger partial charge in [-0.2, -0.15) is 13.2 Å². The highest BCUT2D eigenvalue weighted by Gasteiger charge is 2.36. The second-order valence-corrected chi connectivity index (χ2v) is 7.14. The molecule has 1 fully saturated rings. The summed E-state index contributed by atoms with van der Waals surface area (Å²) in [5, 5.41) is 1.21. The predicted molar refractivity (Wildman–Crippen MR) is 107 cm³/mol. The lowest BCUT2D eigenvalue weighted by atomic mass is 10.2. The lowest BCUT2D eigenvalue weighted by molar-refractivity contribution is -0.144. The van der Waals surface area contributed by atoms with Crippen LogP contribution in [-0.4, -0.2) is 43.3 Å². The van der Waals surface area contributed by atoms with Gasteiger partial charge in [0, 0.05) is 48.3 Å². The molecule has 0 radical (unpaired) electrons. The molecule has 9 heteroatoms. The molecule has 1 aromatic heterocycles. The molecule has 0 atom stereocenters. The van der Waals surface area contributed by atoms with Crippen LogP contribution >= 0.6 is 11.6 Å². The van der Waals surface area contributed by atoms with E-state index < -0.39 is 12.0 Å². The molecular weight excluding hydrogens is 405 g/mol. The second-order valence-electron chi connectivity index (χ2n) is 6.71. The predicted octanol–water partition coefficient (Wildman–Crippen LogP) is 4.64. The van der Waals surface area contributed by atoms with Crippen LogP contribution in [0.2, 0.25) is 5.02 Å². The van der Waals surface area contributed by atoms with Gasteiger partial charge in [0.25, 0.3) is 0 Å². The Morgan fingerprint density at radius 2 is 1.69 bits per heavy atom. The van der Waals surface area contributed by atoms with E-state index in [1.807, 2.05) is 23.1 Å². The molecule has 29 heavy (non-hydrogen) atoms. The van der Waals surface area contributed by atoms with E-state index in [0.29, 0.717) is 42.3 Å². The van der Waals surface area contributed by atoms with Crippen molar-refractivity contribution in [2.75, 3.05) is 43.1 Å². The molecule has 0 spiro atoms. The number of alkyl halides is 3. The summed E-state index contributed by atoms with van der Waals surface area (Å²) < 4.78 is 45.2. The van der Waals surface area contributed by atoms with Crippen LogP contribution in [0.25, 0.3) is 10.9 Å². The summed E-state index contributed by atoms with van der Waals surface area (Å²) in [5.74, 6) is -0.415. The Balaban J connectivity index is 1.66. The van der Waals surface area contributed by atoms with Crippen molar-refractivity contribution in [3.63, 3.8) is 0 Å². The molecule has 0 bridgehead atoms. The molecule has 1 aliphatic heterocycles. The number of hydrogen-bond donors (Lipinski definition) is 0. The van der Waals surface area contributed by atoms with Crippen molar-refractivity contribution in [3.05, 3.63) is 53.3 Å². The Bertz CT molecular complexity index is 1040. The molecule has 0 aliphatic carbocycles. The average molecular weight is 423 g/mol. The molecule has 2 aromatic carbocycles. The lowest BCUT2D eigenvalue weighted by Crippen LogP contribution is -2.47. The van der Waals surface area contributed by atoms with Gasteiger partial charge in [0.1, 0.15) is 11.6 Å². The van der Waals surface area contributed by atoms with Gasteiger partial charge in [0.05, 0.1) is 12.6 Å². The summed E-state index contributed by atoms with van der Waals surface area (Å²) in [6.45, 7) is 2.34. The normalized spacial score (nSPS) is 15.1. The summed E-state index contributed by atoms with van der Waals surface area (Å²) in [6, 6.07) is 12.4. The lowest BCUT2D eigenvalue weighted by Gasteiger charge is -2.37.